The number of benzene rings is 6. The Balaban J connectivity index is 0.000000273. The van der Waals surface area contributed by atoms with Gasteiger partial charge in [0.25, 0.3) is 11.8 Å². The molecule has 6 aromatic rings. The second-order valence-corrected chi connectivity index (χ2v) is 11.4. The van der Waals surface area contributed by atoms with Crippen molar-refractivity contribution >= 4 is 69.1 Å². The molecule has 276 valence electrons. The van der Waals surface area contributed by atoms with Crippen LogP contribution in [0.3, 0.4) is 0 Å². The van der Waals surface area contributed by atoms with Crippen LogP contribution in [0.15, 0.2) is 160 Å². The number of halogens is 2. The number of phenols is 3. The predicted octanol–water partition coefficient (Wildman–Crippen LogP) is 10.7. The summed E-state index contributed by atoms with van der Waals surface area (Å²) < 4.78 is 0. The molecule has 0 spiro atoms. The van der Waals surface area contributed by atoms with Gasteiger partial charge in [0.1, 0.15) is 28.6 Å². The fraction of sp³-hybridized carbons (Fsp3) is 0.0256. The van der Waals surface area contributed by atoms with Crippen molar-refractivity contribution in [3.8, 4) is 17.2 Å². The van der Waals surface area contributed by atoms with Gasteiger partial charge in [-0.15, -0.1) is 15.3 Å². The number of nitrogens with zero attached hydrogens (tertiary/aromatic N) is 4. The van der Waals surface area contributed by atoms with Crippen LogP contribution in [0.25, 0.3) is 0 Å². The molecule has 0 aliphatic rings. The molecule has 0 atom stereocenters. The summed E-state index contributed by atoms with van der Waals surface area (Å²) in [5.74, 6) is -1.15. The smallest absolute Gasteiger partial charge is 0.259 e. The van der Waals surface area contributed by atoms with Crippen LogP contribution >= 0.6 is 23.2 Å². The molecule has 2 amide bonds. The minimum absolute atomic E-state index is 0. The van der Waals surface area contributed by atoms with E-state index in [-0.39, 0.29) is 62.9 Å². The SMILES string of the molecule is CO.O=C(Nc1ccccc1)c1cccc(N=Nc2cc(Cl)ccc2O)c1.O=C(Nc1ccccc1)c1cccc(N=Nc2cc(Cl)ccc2O)c1O.[Fe]. The van der Waals surface area contributed by atoms with E-state index in [0.717, 1.165) is 7.11 Å². The summed E-state index contributed by atoms with van der Waals surface area (Å²) in [5, 5.41) is 59.0. The van der Waals surface area contributed by atoms with Gasteiger partial charge in [-0.05, 0) is 91.0 Å². The minimum Gasteiger partial charge on any atom is -0.506 e. The van der Waals surface area contributed by atoms with Gasteiger partial charge in [-0.1, -0.05) is 71.7 Å². The molecule has 0 bridgehead atoms. The summed E-state index contributed by atoms with van der Waals surface area (Å²) in [7, 11) is 1.00. The molecular formula is C39H32Cl2FeN6O6. The Morgan fingerprint density at radius 3 is 1.56 bits per heavy atom. The number of carbonyl (C=O) groups is 2. The Labute approximate surface area is 331 Å². The Bertz CT molecular complexity index is 2230. The number of carbonyl (C=O) groups excluding carboxylic acids is 2. The van der Waals surface area contributed by atoms with Crippen molar-refractivity contribution in [1.29, 1.82) is 0 Å². The van der Waals surface area contributed by atoms with Crippen molar-refractivity contribution in [2.45, 2.75) is 0 Å². The predicted molar refractivity (Wildman–Crippen MR) is 206 cm³/mol. The molecule has 0 fully saturated rings. The number of aromatic hydroxyl groups is 3. The van der Waals surface area contributed by atoms with Crippen LogP contribution < -0.4 is 10.6 Å². The monoisotopic (exact) mass is 806 g/mol. The van der Waals surface area contributed by atoms with Gasteiger partial charge in [0.15, 0.2) is 5.75 Å². The number of para-hydroxylation sites is 3. The first-order valence-electron chi connectivity index (χ1n) is 15.6. The Hall–Kier alpha value is -6.08. The number of rotatable bonds is 8. The molecule has 0 aromatic heterocycles. The number of azo groups is 2. The van der Waals surface area contributed by atoms with E-state index < -0.39 is 5.91 Å². The van der Waals surface area contributed by atoms with Gasteiger partial charge in [0.05, 0.1) is 11.3 Å². The van der Waals surface area contributed by atoms with Crippen molar-refractivity contribution < 1.29 is 47.1 Å². The maximum absolute atomic E-state index is 12.4. The van der Waals surface area contributed by atoms with Gasteiger partial charge in [0.2, 0.25) is 0 Å². The second-order valence-electron chi connectivity index (χ2n) is 10.5. The molecule has 0 aliphatic heterocycles. The summed E-state index contributed by atoms with van der Waals surface area (Å²) in [6.45, 7) is 0. The van der Waals surface area contributed by atoms with E-state index in [4.69, 9.17) is 28.3 Å². The normalized spacial score (nSPS) is 10.3. The molecule has 6 N–H and O–H groups in total. The molecule has 0 saturated heterocycles. The van der Waals surface area contributed by atoms with E-state index in [1.54, 1.807) is 60.7 Å². The van der Waals surface area contributed by atoms with E-state index in [1.807, 2.05) is 36.4 Å². The molecule has 0 radical (unpaired) electrons. The third kappa shape index (κ3) is 12.6. The Kier molecular flexibility index (Phi) is 16.8. The summed E-state index contributed by atoms with van der Waals surface area (Å²) in [6, 6.07) is 38.2. The van der Waals surface area contributed by atoms with Gasteiger partial charge < -0.3 is 31.1 Å². The van der Waals surface area contributed by atoms with Crippen LogP contribution in [-0.4, -0.2) is 39.4 Å². The summed E-state index contributed by atoms with van der Waals surface area (Å²) in [5.41, 5.74) is 2.81. The number of phenolic OH excluding ortho intramolecular Hbond substituents is 3. The minimum atomic E-state index is -0.476. The van der Waals surface area contributed by atoms with Crippen LogP contribution in [0.5, 0.6) is 17.2 Å². The summed E-state index contributed by atoms with van der Waals surface area (Å²) in [6.07, 6.45) is 0. The van der Waals surface area contributed by atoms with Crippen molar-refractivity contribution in [2.75, 3.05) is 17.7 Å². The third-order valence-electron chi connectivity index (χ3n) is 6.84. The van der Waals surface area contributed by atoms with E-state index in [2.05, 4.69) is 31.1 Å². The van der Waals surface area contributed by atoms with Crippen LogP contribution in [0.4, 0.5) is 34.1 Å². The molecule has 6 aromatic carbocycles. The molecule has 0 saturated carbocycles. The molecule has 0 aliphatic carbocycles. The van der Waals surface area contributed by atoms with Gasteiger partial charge in [-0.3, -0.25) is 9.59 Å². The van der Waals surface area contributed by atoms with Gasteiger partial charge in [0, 0.05) is 51.2 Å². The maximum Gasteiger partial charge on any atom is 0.259 e. The average molecular weight is 807 g/mol. The summed E-state index contributed by atoms with van der Waals surface area (Å²) >= 11 is 11.7. The van der Waals surface area contributed by atoms with Gasteiger partial charge in [-0.2, -0.15) is 5.11 Å². The number of nitrogens with one attached hydrogen (secondary N) is 2. The van der Waals surface area contributed by atoms with E-state index in [9.17, 15) is 24.9 Å². The first-order valence-corrected chi connectivity index (χ1v) is 16.3. The fourth-order valence-electron chi connectivity index (χ4n) is 4.32. The number of amides is 2. The first kappa shape index (κ1) is 42.3. The first-order chi connectivity index (χ1) is 25.7. The number of anilines is 2. The molecule has 12 nitrogen and oxygen atoms in total. The number of hydrogen-bond acceptors (Lipinski definition) is 10. The standard InChI is InChI=1S/C19H14ClN3O3.C19H14ClN3O2.CH4O.Fe/c20-12-9-10-17(24)16(11-12)23-22-15-8-4-7-14(18(15)25)19(26)21-13-5-2-1-3-6-13;20-14-9-10-18(24)17(12-14)23-22-16-8-4-5-13(11-16)19(25)21-15-6-2-1-3-7-15;1-2;/h1-11,24-25H,(H,21,26);1-12,24H,(H,21,25);2H,1H3;. The quantitative estimate of drug-likeness (QED) is 0.0655. The zero-order valence-electron chi connectivity index (χ0n) is 28.3. The number of aliphatic hydroxyl groups is 1. The second kappa shape index (κ2) is 21.4. The molecule has 0 unspecified atom stereocenters. The fourth-order valence-corrected chi connectivity index (χ4v) is 4.65. The maximum atomic E-state index is 12.4. The van der Waals surface area contributed by atoms with Crippen LogP contribution in [0.1, 0.15) is 20.7 Å². The molecule has 15 heteroatoms. The van der Waals surface area contributed by atoms with Crippen LogP contribution in [-0.2, 0) is 17.1 Å². The van der Waals surface area contributed by atoms with E-state index in [0.29, 0.717) is 32.7 Å². The number of hydrogen-bond donors (Lipinski definition) is 6. The molecule has 6 rings (SSSR count). The third-order valence-corrected chi connectivity index (χ3v) is 7.31. The average Bonchev–Trinajstić information content (AvgIpc) is 3.18. The van der Waals surface area contributed by atoms with Gasteiger partial charge >= 0.3 is 0 Å². The van der Waals surface area contributed by atoms with Crippen molar-refractivity contribution in [3.05, 3.63) is 161 Å². The van der Waals surface area contributed by atoms with Gasteiger partial charge in [-0.25, -0.2) is 0 Å². The molecule has 0 heterocycles. The zero-order chi connectivity index (χ0) is 38.2. The largest absolute Gasteiger partial charge is 0.506 e. The van der Waals surface area contributed by atoms with Crippen LogP contribution in [0, 0.1) is 0 Å². The Morgan fingerprint density at radius 2 is 1.00 bits per heavy atom. The Morgan fingerprint density at radius 1 is 0.519 bits per heavy atom. The topological polar surface area (TPSA) is 189 Å². The molecular weight excluding hydrogens is 775 g/mol. The van der Waals surface area contributed by atoms with Crippen molar-refractivity contribution in [3.63, 3.8) is 0 Å². The summed E-state index contributed by atoms with van der Waals surface area (Å²) in [4.78, 5) is 24.7. The van der Waals surface area contributed by atoms with E-state index in [1.165, 1.54) is 42.5 Å². The van der Waals surface area contributed by atoms with Crippen LogP contribution in [0.2, 0.25) is 10.0 Å². The van der Waals surface area contributed by atoms with Crippen molar-refractivity contribution in [1.82, 2.24) is 0 Å². The van der Waals surface area contributed by atoms with Crippen molar-refractivity contribution in [2.24, 2.45) is 20.5 Å². The van der Waals surface area contributed by atoms with E-state index >= 15 is 0 Å². The number of aliphatic hydroxyl groups excluding tert-OH is 1. The zero-order valence-corrected chi connectivity index (χ0v) is 30.9. The molecule has 54 heavy (non-hydrogen) atoms.